The normalized spacial score (nSPS) is 11.7. The first-order valence-corrected chi connectivity index (χ1v) is 5.27. The van der Waals surface area contributed by atoms with Crippen molar-refractivity contribution in [2.75, 3.05) is 0 Å². The van der Waals surface area contributed by atoms with Crippen molar-refractivity contribution in [3.63, 3.8) is 0 Å². The van der Waals surface area contributed by atoms with Gasteiger partial charge >= 0.3 is 0 Å². The summed E-state index contributed by atoms with van der Waals surface area (Å²) in [5, 5.41) is 0.764. The minimum absolute atomic E-state index is 0.00427. The maximum atomic E-state index is 5.76. The molecule has 13 heavy (non-hydrogen) atoms. The van der Waals surface area contributed by atoms with E-state index in [0.29, 0.717) is 0 Å². The van der Waals surface area contributed by atoms with Gasteiger partial charge in [0.2, 0.25) is 0 Å². The van der Waals surface area contributed by atoms with E-state index in [1.165, 1.54) is 11.9 Å². The predicted octanol–water partition coefficient (Wildman–Crippen LogP) is 3.75. The standard InChI is InChI=1S/C10H13ClNS/c1-10(2,3)12-13-9-6-4-8(11)5-7-9/h4-7H,1-3H3. The quantitative estimate of drug-likeness (QED) is 0.684. The Kier molecular flexibility index (Phi) is 3.65. The molecule has 1 radical (unpaired) electrons. The molecule has 0 aliphatic heterocycles. The Balaban J connectivity index is 2.51. The minimum Gasteiger partial charge on any atom is -0.164 e. The molecule has 0 aliphatic rings. The van der Waals surface area contributed by atoms with Crippen LogP contribution in [-0.2, 0) is 0 Å². The van der Waals surface area contributed by atoms with Crippen LogP contribution in [0.5, 0.6) is 0 Å². The van der Waals surface area contributed by atoms with Gasteiger partial charge in [-0.05, 0) is 57.0 Å². The van der Waals surface area contributed by atoms with E-state index < -0.39 is 0 Å². The summed E-state index contributed by atoms with van der Waals surface area (Å²) in [5.41, 5.74) is 0.00427. The molecule has 0 aliphatic carbocycles. The molecular formula is C10H13ClNS. The molecule has 0 bridgehead atoms. The smallest absolute Gasteiger partial charge is 0.0406 e. The van der Waals surface area contributed by atoms with E-state index in [-0.39, 0.29) is 5.54 Å². The lowest BCUT2D eigenvalue weighted by Crippen LogP contribution is -2.23. The first-order valence-electron chi connectivity index (χ1n) is 4.12. The Hall–Kier alpha value is -0.180. The first-order chi connectivity index (χ1) is 5.97. The summed E-state index contributed by atoms with van der Waals surface area (Å²) < 4.78 is 4.43. The Morgan fingerprint density at radius 1 is 1.15 bits per heavy atom. The summed E-state index contributed by atoms with van der Waals surface area (Å²) in [6, 6.07) is 7.70. The van der Waals surface area contributed by atoms with Crippen molar-refractivity contribution in [2.45, 2.75) is 31.2 Å². The molecule has 0 N–H and O–H groups in total. The second-order valence-electron chi connectivity index (χ2n) is 3.81. The molecule has 0 unspecified atom stereocenters. The number of halogens is 1. The zero-order valence-electron chi connectivity index (χ0n) is 8.04. The SMILES string of the molecule is CC(C)(C)[N]Sc1ccc(Cl)cc1. The highest BCUT2D eigenvalue weighted by molar-refractivity contribution is 7.97. The number of hydrogen-bond donors (Lipinski definition) is 0. The Labute approximate surface area is 89.0 Å². The predicted molar refractivity (Wildman–Crippen MR) is 59.2 cm³/mol. The van der Waals surface area contributed by atoms with Gasteiger partial charge in [-0.2, -0.15) is 4.72 Å². The Morgan fingerprint density at radius 3 is 2.15 bits per heavy atom. The van der Waals surface area contributed by atoms with Gasteiger partial charge in [-0.1, -0.05) is 11.6 Å². The monoisotopic (exact) mass is 214 g/mol. The van der Waals surface area contributed by atoms with Crippen LogP contribution in [0.25, 0.3) is 0 Å². The fraction of sp³-hybridized carbons (Fsp3) is 0.400. The van der Waals surface area contributed by atoms with E-state index >= 15 is 0 Å². The lowest BCUT2D eigenvalue weighted by molar-refractivity contribution is 0.527. The average Bonchev–Trinajstić information content (AvgIpc) is 2.02. The zero-order chi connectivity index (χ0) is 9.90. The van der Waals surface area contributed by atoms with Crippen molar-refractivity contribution in [1.29, 1.82) is 0 Å². The van der Waals surface area contributed by atoms with E-state index in [9.17, 15) is 0 Å². The van der Waals surface area contributed by atoms with Gasteiger partial charge in [0.25, 0.3) is 0 Å². The van der Waals surface area contributed by atoms with Crippen LogP contribution >= 0.6 is 23.5 Å². The Bertz CT molecular complexity index is 263. The summed E-state index contributed by atoms with van der Waals surface area (Å²) in [5.74, 6) is 0. The summed E-state index contributed by atoms with van der Waals surface area (Å²) in [7, 11) is 0. The number of benzene rings is 1. The third-order valence-electron chi connectivity index (χ3n) is 1.24. The molecule has 1 rings (SSSR count). The van der Waals surface area contributed by atoms with Crippen LogP contribution in [0.2, 0.25) is 5.02 Å². The molecule has 0 spiro atoms. The van der Waals surface area contributed by atoms with Crippen molar-refractivity contribution in [1.82, 2.24) is 4.72 Å². The van der Waals surface area contributed by atoms with Crippen LogP contribution in [0.15, 0.2) is 29.2 Å². The van der Waals surface area contributed by atoms with Gasteiger partial charge in [-0.3, -0.25) is 0 Å². The number of nitrogens with zero attached hydrogens (tertiary/aromatic N) is 1. The van der Waals surface area contributed by atoms with Crippen LogP contribution in [0, 0.1) is 0 Å². The van der Waals surface area contributed by atoms with Crippen LogP contribution in [0.1, 0.15) is 20.8 Å². The van der Waals surface area contributed by atoms with E-state index in [1.807, 2.05) is 24.3 Å². The second-order valence-corrected chi connectivity index (χ2v) is 5.08. The summed E-state index contributed by atoms with van der Waals surface area (Å²) in [6.45, 7) is 6.24. The van der Waals surface area contributed by atoms with E-state index in [4.69, 9.17) is 11.6 Å². The molecule has 0 aromatic heterocycles. The number of rotatable bonds is 2. The molecule has 0 amide bonds. The molecular weight excluding hydrogens is 202 g/mol. The molecule has 1 nitrogen and oxygen atoms in total. The van der Waals surface area contributed by atoms with Gasteiger partial charge in [-0.15, -0.1) is 0 Å². The maximum absolute atomic E-state index is 5.76. The van der Waals surface area contributed by atoms with Crippen LogP contribution in [-0.4, -0.2) is 5.54 Å². The molecule has 71 valence electrons. The van der Waals surface area contributed by atoms with Gasteiger partial charge < -0.3 is 0 Å². The van der Waals surface area contributed by atoms with Crippen molar-refractivity contribution < 1.29 is 0 Å². The van der Waals surface area contributed by atoms with E-state index in [2.05, 4.69) is 25.5 Å². The fourth-order valence-electron chi connectivity index (χ4n) is 0.685. The van der Waals surface area contributed by atoms with Crippen LogP contribution < -0.4 is 4.72 Å². The lowest BCUT2D eigenvalue weighted by atomic mass is 10.1. The van der Waals surface area contributed by atoms with E-state index in [1.54, 1.807) is 0 Å². The van der Waals surface area contributed by atoms with Crippen LogP contribution in [0.4, 0.5) is 0 Å². The lowest BCUT2D eigenvalue weighted by Gasteiger charge is -2.16. The Morgan fingerprint density at radius 2 is 1.69 bits per heavy atom. The molecule has 1 aromatic carbocycles. The second kappa shape index (κ2) is 4.36. The molecule has 0 atom stereocenters. The van der Waals surface area contributed by atoms with Crippen molar-refractivity contribution in [3.8, 4) is 0 Å². The molecule has 1 aromatic rings. The molecule has 0 fully saturated rings. The summed E-state index contributed by atoms with van der Waals surface area (Å²) in [4.78, 5) is 1.12. The van der Waals surface area contributed by atoms with Gasteiger partial charge in [0.15, 0.2) is 0 Å². The molecule has 0 saturated carbocycles. The van der Waals surface area contributed by atoms with Gasteiger partial charge in [0.1, 0.15) is 0 Å². The largest absolute Gasteiger partial charge is 0.164 e. The number of hydrogen-bond acceptors (Lipinski definition) is 1. The topological polar surface area (TPSA) is 14.1 Å². The molecule has 0 heterocycles. The highest BCUT2D eigenvalue weighted by atomic mass is 35.5. The maximum Gasteiger partial charge on any atom is 0.0406 e. The third-order valence-corrected chi connectivity index (χ3v) is 2.61. The zero-order valence-corrected chi connectivity index (χ0v) is 9.62. The first kappa shape index (κ1) is 10.9. The molecule has 0 saturated heterocycles. The van der Waals surface area contributed by atoms with Gasteiger partial charge in [0.05, 0.1) is 0 Å². The van der Waals surface area contributed by atoms with Crippen molar-refractivity contribution in [3.05, 3.63) is 29.3 Å². The van der Waals surface area contributed by atoms with Crippen LogP contribution in [0.3, 0.4) is 0 Å². The fourth-order valence-corrected chi connectivity index (χ4v) is 1.45. The van der Waals surface area contributed by atoms with E-state index in [0.717, 1.165) is 9.92 Å². The van der Waals surface area contributed by atoms with Crippen molar-refractivity contribution in [2.24, 2.45) is 0 Å². The highest BCUT2D eigenvalue weighted by Crippen LogP contribution is 2.21. The summed E-state index contributed by atoms with van der Waals surface area (Å²) in [6.07, 6.45) is 0. The van der Waals surface area contributed by atoms with Gasteiger partial charge in [-0.25, -0.2) is 0 Å². The van der Waals surface area contributed by atoms with Crippen molar-refractivity contribution >= 4 is 23.5 Å². The average molecular weight is 215 g/mol. The summed E-state index contributed by atoms with van der Waals surface area (Å²) >= 11 is 7.26. The van der Waals surface area contributed by atoms with Gasteiger partial charge in [0, 0.05) is 15.5 Å². The minimum atomic E-state index is 0.00427. The third kappa shape index (κ3) is 4.55. The molecule has 3 heteroatoms. The highest BCUT2D eigenvalue weighted by Gasteiger charge is 2.11.